The van der Waals surface area contributed by atoms with Crippen molar-refractivity contribution < 1.29 is 14.3 Å². The third-order valence-corrected chi connectivity index (χ3v) is 5.31. The van der Waals surface area contributed by atoms with Crippen molar-refractivity contribution in [1.82, 2.24) is 20.3 Å². The molecule has 162 valence electrons. The van der Waals surface area contributed by atoms with Gasteiger partial charge in [-0.3, -0.25) is 0 Å². The van der Waals surface area contributed by atoms with Crippen molar-refractivity contribution in [3.8, 4) is 11.3 Å². The first kappa shape index (κ1) is 21.7. The van der Waals surface area contributed by atoms with Crippen LogP contribution in [0.4, 0.5) is 4.39 Å². The molecule has 0 aliphatic heterocycles. The lowest BCUT2D eigenvalue weighted by atomic mass is 10.1. The van der Waals surface area contributed by atoms with E-state index in [4.69, 9.17) is 16.7 Å². The summed E-state index contributed by atoms with van der Waals surface area (Å²) >= 11 is 6.17. The van der Waals surface area contributed by atoms with Crippen LogP contribution < -0.4 is 5.32 Å². The smallest absolute Gasteiger partial charge is 0.335 e. The molecule has 1 heterocycles. The standard InChI is InChI=1S/C24H20ClFN4O2/c25-20-7-4-8-21(26)19(20)15-30-28-22(23(29-30)17-5-2-1-3-6-17)14-27-13-16-9-11-18(12-10-16)24(31)32/h1-12,27H,13-15H2,(H,31,32). The van der Waals surface area contributed by atoms with E-state index in [1.807, 2.05) is 30.3 Å². The van der Waals surface area contributed by atoms with E-state index in [1.165, 1.54) is 10.9 Å². The maximum atomic E-state index is 14.2. The molecule has 0 radical (unpaired) electrons. The Morgan fingerprint density at radius 2 is 1.72 bits per heavy atom. The number of hydrogen-bond acceptors (Lipinski definition) is 4. The summed E-state index contributed by atoms with van der Waals surface area (Å²) in [7, 11) is 0. The molecule has 4 aromatic rings. The third kappa shape index (κ3) is 5.01. The highest BCUT2D eigenvalue weighted by Gasteiger charge is 2.15. The Balaban J connectivity index is 1.54. The van der Waals surface area contributed by atoms with E-state index in [9.17, 15) is 9.18 Å². The van der Waals surface area contributed by atoms with Gasteiger partial charge in [0.15, 0.2) is 0 Å². The van der Waals surface area contributed by atoms with Crippen molar-refractivity contribution in [2.24, 2.45) is 0 Å². The Hall–Kier alpha value is -3.55. The number of carboxylic acids is 1. The number of nitrogens with zero attached hydrogens (tertiary/aromatic N) is 3. The summed E-state index contributed by atoms with van der Waals surface area (Å²) < 4.78 is 14.2. The minimum atomic E-state index is -0.955. The zero-order valence-corrected chi connectivity index (χ0v) is 17.8. The van der Waals surface area contributed by atoms with Gasteiger partial charge in [-0.05, 0) is 29.8 Å². The second kappa shape index (κ2) is 9.72. The van der Waals surface area contributed by atoms with Gasteiger partial charge in [-0.1, -0.05) is 60.1 Å². The van der Waals surface area contributed by atoms with Crippen LogP contribution >= 0.6 is 11.6 Å². The fourth-order valence-electron chi connectivity index (χ4n) is 3.31. The van der Waals surface area contributed by atoms with Crippen LogP contribution in [0.1, 0.15) is 27.2 Å². The average molecular weight is 451 g/mol. The number of hydrogen-bond donors (Lipinski definition) is 2. The Bertz CT molecular complexity index is 1210. The van der Waals surface area contributed by atoms with Gasteiger partial charge in [-0.2, -0.15) is 15.0 Å². The maximum absolute atomic E-state index is 14.2. The van der Waals surface area contributed by atoms with Crippen molar-refractivity contribution in [3.05, 3.63) is 106 Å². The number of carbonyl (C=O) groups is 1. The van der Waals surface area contributed by atoms with Crippen LogP contribution in [0.25, 0.3) is 11.3 Å². The average Bonchev–Trinajstić information content (AvgIpc) is 3.20. The second-order valence-corrected chi connectivity index (χ2v) is 7.60. The highest BCUT2D eigenvalue weighted by atomic mass is 35.5. The van der Waals surface area contributed by atoms with Crippen LogP contribution in [0.2, 0.25) is 5.02 Å². The first-order valence-corrected chi connectivity index (χ1v) is 10.3. The topological polar surface area (TPSA) is 80.0 Å². The van der Waals surface area contributed by atoms with E-state index >= 15 is 0 Å². The van der Waals surface area contributed by atoms with Crippen LogP contribution in [-0.4, -0.2) is 26.1 Å². The monoisotopic (exact) mass is 450 g/mol. The molecule has 2 N–H and O–H groups in total. The SMILES string of the molecule is O=C(O)c1ccc(CNCc2nn(Cc3c(F)cccc3Cl)nc2-c2ccccc2)cc1. The van der Waals surface area contributed by atoms with Crippen molar-refractivity contribution in [2.45, 2.75) is 19.6 Å². The molecule has 0 saturated heterocycles. The molecule has 0 atom stereocenters. The van der Waals surface area contributed by atoms with Gasteiger partial charge < -0.3 is 10.4 Å². The van der Waals surface area contributed by atoms with Crippen LogP contribution in [-0.2, 0) is 19.6 Å². The molecule has 3 aromatic carbocycles. The van der Waals surface area contributed by atoms with Crippen molar-refractivity contribution in [1.29, 1.82) is 0 Å². The summed E-state index contributed by atoms with van der Waals surface area (Å²) in [6, 6.07) is 20.9. The first-order valence-electron chi connectivity index (χ1n) is 9.96. The summed E-state index contributed by atoms with van der Waals surface area (Å²) in [4.78, 5) is 12.4. The van der Waals surface area contributed by atoms with Gasteiger partial charge in [0.2, 0.25) is 0 Å². The molecule has 0 spiro atoms. The summed E-state index contributed by atoms with van der Waals surface area (Å²) in [5, 5.41) is 21.8. The first-order chi connectivity index (χ1) is 15.5. The van der Waals surface area contributed by atoms with E-state index in [2.05, 4.69) is 15.5 Å². The number of benzene rings is 3. The molecular formula is C24H20ClFN4O2. The highest BCUT2D eigenvalue weighted by Crippen LogP contribution is 2.23. The lowest BCUT2D eigenvalue weighted by molar-refractivity contribution is 0.0697. The maximum Gasteiger partial charge on any atom is 0.335 e. The van der Waals surface area contributed by atoms with Gasteiger partial charge in [0.25, 0.3) is 0 Å². The summed E-state index contributed by atoms with van der Waals surface area (Å²) in [6.07, 6.45) is 0. The Kier molecular flexibility index (Phi) is 6.58. The van der Waals surface area contributed by atoms with Gasteiger partial charge in [0, 0.05) is 29.2 Å². The number of carboxylic acid groups (broad SMARTS) is 1. The molecule has 0 fully saturated rings. The van der Waals surface area contributed by atoms with Crippen molar-refractivity contribution in [3.63, 3.8) is 0 Å². The molecule has 32 heavy (non-hydrogen) atoms. The molecule has 0 bridgehead atoms. The van der Waals surface area contributed by atoms with Crippen molar-refractivity contribution >= 4 is 17.6 Å². The summed E-state index contributed by atoms with van der Waals surface area (Å²) in [5.74, 6) is -1.36. The molecule has 1 aromatic heterocycles. The minimum Gasteiger partial charge on any atom is -0.478 e. The Labute approximate surface area is 189 Å². The van der Waals surface area contributed by atoms with Crippen LogP contribution in [0.15, 0.2) is 72.8 Å². The van der Waals surface area contributed by atoms with Gasteiger partial charge in [-0.15, -0.1) is 0 Å². The largest absolute Gasteiger partial charge is 0.478 e. The number of rotatable bonds is 8. The predicted octanol–water partition coefficient (Wildman–Crippen LogP) is 4.77. The fraction of sp³-hybridized carbons (Fsp3) is 0.125. The molecule has 0 unspecified atom stereocenters. The molecule has 0 amide bonds. The fourth-order valence-corrected chi connectivity index (χ4v) is 3.53. The molecule has 4 rings (SSSR count). The Morgan fingerprint density at radius 3 is 2.41 bits per heavy atom. The van der Waals surface area contributed by atoms with Gasteiger partial charge >= 0.3 is 5.97 Å². The molecule has 0 aliphatic carbocycles. The van der Waals surface area contributed by atoms with E-state index in [0.29, 0.717) is 35.1 Å². The van der Waals surface area contributed by atoms with E-state index in [1.54, 1.807) is 36.4 Å². The molecule has 0 aliphatic rings. The van der Waals surface area contributed by atoms with Crippen LogP contribution in [0, 0.1) is 5.82 Å². The molecule has 8 heteroatoms. The third-order valence-electron chi connectivity index (χ3n) is 4.96. The zero-order chi connectivity index (χ0) is 22.5. The van der Waals surface area contributed by atoms with Gasteiger partial charge in [0.05, 0.1) is 12.1 Å². The highest BCUT2D eigenvalue weighted by molar-refractivity contribution is 6.31. The molecule has 0 saturated carbocycles. The van der Waals surface area contributed by atoms with Crippen molar-refractivity contribution in [2.75, 3.05) is 0 Å². The minimum absolute atomic E-state index is 0.113. The number of aromatic carboxylic acids is 1. The molecule has 6 nitrogen and oxygen atoms in total. The number of nitrogens with one attached hydrogen (secondary N) is 1. The zero-order valence-electron chi connectivity index (χ0n) is 17.0. The van der Waals surface area contributed by atoms with Crippen LogP contribution in [0.3, 0.4) is 0 Å². The lowest BCUT2D eigenvalue weighted by Crippen LogP contribution is -2.14. The Morgan fingerprint density at radius 1 is 0.969 bits per heavy atom. The quantitative estimate of drug-likeness (QED) is 0.404. The van der Waals surface area contributed by atoms with Crippen LogP contribution in [0.5, 0.6) is 0 Å². The number of halogens is 2. The number of aromatic nitrogens is 3. The molecular weight excluding hydrogens is 431 g/mol. The lowest BCUT2D eigenvalue weighted by Gasteiger charge is -2.05. The van der Waals surface area contributed by atoms with E-state index in [0.717, 1.165) is 11.1 Å². The van der Waals surface area contributed by atoms with Gasteiger partial charge in [-0.25, -0.2) is 9.18 Å². The van der Waals surface area contributed by atoms with E-state index < -0.39 is 11.8 Å². The van der Waals surface area contributed by atoms with Gasteiger partial charge in [0.1, 0.15) is 17.2 Å². The van der Waals surface area contributed by atoms with E-state index in [-0.39, 0.29) is 12.1 Å². The summed E-state index contributed by atoms with van der Waals surface area (Å²) in [5.41, 5.74) is 3.84. The predicted molar refractivity (Wildman–Crippen MR) is 120 cm³/mol. The normalized spacial score (nSPS) is 10.9. The summed E-state index contributed by atoms with van der Waals surface area (Å²) in [6.45, 7) is 1.07. The second-order valence-electron chi connectivity index (χ2n) is 7.20.